The van der Waals surface area contributed by atoms with Gasteiger partial charge in [0.05, 0.1) is 24.9 Å². The molecule has 0 radical (unpaired) electrons. The van der Waals surface area contributed by atoms with Crippen LogP contribution in [0.4, 0.5) is 43.9 Å². The van der Waals surface area contributed by atoms with Gasteiger partial charge < -0.3 is 14.2 Å². The van der Waals surface area contributed by atoms with Gasteiger partial charge in [-0.25, -0.2) is 22.0 Å². The van der Waals surface area contributed by atoms with Crippen molar-refractivity contribution in [1.82, 2.24) is 0 Å². The van der Waals surface area contributed by atoms with Gasteiger partial charge >= 0.3 is 12.3 Å². The second-order valence-corrected chi connectivity index (χ2v) is 7.90. The van der Waals surface area contributed by atoms with Gasteiger partial charge in [-0.15, -0.1) is 0 Å². The molecule has 1 heterocycles. The van der Waals surface area contributed by atoms with Crippen molar-refractivity contribution in [3.8, 4) is 5.75 Å². The number of ether oxygens (including phenoxy) is 3. The summed E-state index contributed by atoms with van der Waals surface area (Å²) in [7, 11) is 0. The molecule has 0 aliphatic carbocycles. The van der Waals surface area contributed by atoms with Gasteiger partial charge in [0.15, 0.2) is 17.9 Å². The molecule has 0 amide bonds. The number of hydrogen-bond donors (Lipinski definition) is 0. The lowest BCUT2D eigenvalue weighted by molar-refractivity contribution is -0.207. The molecule has 1 aliphatic rings. The minimum Gasteiger partial charge on any atom is -0.429 e. The lowest BCUT2D eigenvalue weighted by Gasteiger charge is -2.30. The SMILES string of the molecule is CCCC1COC(c2ccc(C(F)(F)Oc3cc(F)c(/C(F)=C/C(F)(F)F)c(F)c3)c(F)c2F)OC1. The van der Waals surface area contributed by atoms with Gasteiger partial charge in [0.2, 0.25) is 0 Å². The van der Waals surface area contributed by atoms with E-state index in [4.69, 9.17) is 9.47 Å². The average Bonchev–Trinajstić information content (AvgIpc) is 2.74. The van der Waals surface area contributed by atoms with Crippen molar-refractivity contribution in [2.24, 2.45) is 5.92 Å². The zero-order valence-corrected chi connectivity index (χ0v) is 18.4. The molecule has 0 unspecified atom stereocenters. The molecule has 0 bridgehead atoms. The molecular formula is C23H18F10O3. The first kappa shape index (κ1) is 27.8. The second kappa shape index (κ2) is 10.7. The molecule has 3 rings (SSSR count). The van der Waals surface area contributed by atoms with Crippen molar-refractivity contribution in [2.75, 3.05) is 13.2 Å². The first-order valence-electron chi connectivity index (χ1n) is 10.5. The molecule has 1 saturated heterocycles. The molecule has 2 aromatic carbocycles. The summed E-state index contributed by atoms with van der Waals surface area (Å²) in [6, 6.07) is 1.15. The van der Waals surface area contributed by atoms with E-state index < -0.39 is 76.2 Å². The number of benzene rings is 2. The summed E-state index contributed by atoms with van der Waals surface area (Å²) < 4.78 is 151. The van der Waals surface area contributed by atoms with E-state index in [1.807, 2.05) is 6.92 Å². The lowest BCUT2D eigenvalue weighted by atomic mass is 10.0. The molecule has 0 saturated carbocycles. The molecule has 198 valence electrons. The summed E-state index contributed by atoms with van der Waals surface area (Å²) in [5.74, 6) is -11.5. The Balaban J connectivity index is 1.84. The standard InChI is InChI=1S/C23H18F10O3/c1-2-3-11-9-34-21(35-10-11)13-4-5-14(20(28)19(13)27)23(32,33)36-12-6-15(24)18(16(25)7-12)17(26)8-22(29,30)31/h4-8,11,21H,2-3,9-10H2,1H3/b17-8-. The maximum atomic E-state index is 14.6. The minimum atomic E-state index is -5.26. The highest BCUT2D eigenvalue weighted by Gasteiger charge is 2.41. The van der Waals surface area contributed by atoms with Gasteiger partial charge in [-0.05, 0) is 12.5 Å². The third kappa shape index (κ3) is 6.30. The van der Waals surface area contributed by atoms with Crippen molar-refractivity contribution in [1.29, 1.82) is 0 Å². The normalized spacial score (nSPS) is 19.5. The molecular weight excluding hydrogens is 514 g/mol. The molecule has 0 atom stereocenters. The van der Waals surface area contributed by atoms with Crippen molar-refractivity contribution in [2.45, 2.75) is 38.3 Å². The summed E-state index contributed by atoms with van der Waals surface area (Å²) in [4.78, 5) is 0. The fourth-order valence-corrected chi connectivity index (χ4v) is 3.52. The summed E-state index contributed by atoms with van der Waals surface area (Å²) in [6.07, 6.45) is -10.8. The van der Waals surface area contributed by atoms with Crippen LogP contribution < -0.4 is 4.74 Å². The summed E-state index contributed by atoms with van der Waals surface area (Å²) in [5, 5.41) is 0. The summed E-state index contributed by atoms with van der Waals surface area (Å²) in [5.41, 5.74) is -3.94. The highest BCUT2D eigenvalue weighted by molar-refractivity contribution is 5.61. The number of hydrogen-bond acceptors (Lipinski definition) is 3. The van der Waals surface area contributed by atoms with Gasteiger partial charge in [0.25, 0.3) is 0 Å². The zero-order chi connectivity index (χ0) is 26.8. The average molecular weight is 532 g/mol. The van der Waals surface area contributed by atoms with Crippen LogP contribution in [0.15, 0.2) is 30.3 Å². The lowest BCUT2D eigenvalue weighted by Crippen LogP contribution is -2.28. The van der Waals surface area contributed by atoms with Gasteiger partial charge in [0, 0.05) is 23.6 Å². The third-order valence-electron chi connectivity index (χ3n) is 5.13. The van der Waals surface area contributed by atoms with Crippen LogP contribution in [-0.4, -0.2) is 19.4 Å². The van der Waals surface area contributed by atoms with E-state index in [0.29, 0.717) is 6.07 Å². The minimum absolute atomic E-state index is 0.0285. The largest absolute Gasteiger partial charge is 0.429 e. The van der Waals surface area contributed by atoms with Gasteiger partial charge in [-0.3, -0.25) is 0 Å². The molecule has 2 aromatic rings. The Kier molecular flexibility index (Phi) is 8.23. The molecule has 1 fully saturated rings. The molecule has 36 heavy (non-hydrogen) atoms. The first-order chi connectivity index (χ1) is 16.7. The maximum absolute atomic E-state index is 14.6. The molecule has 0 aromatic heterocycles. The Bertz CT molecular complexity index is 1100. The quantitative estimate of drug-likeness (QED) is 0.342. The van der Waals surface area contributed by atoms with Gasteiger partial charge in [0.1, 0.15) is 28.8 Å². The zero-order valence-electron chi connectivity index (χ0n) is 18.4. The number of halogens is 10. The van der Waals surface area contributed by atoms with E-state index in [0.717, 1.165) is 18.9 Å². The highest BCUT2D eigenvalue weighted by Crippen LogP contribution is 2.39. The van der Waals surface area contributed by atoms with E-state index in [2.05, 4.69) is 4.74 Å². The fraction of sp³-hybridized carbons (Fsp3) is 0.391. The highest BCUT2D eigenvalue weighted by atomic mass is 19.4. The summed E-state index contributed by atoms with van der Waals surface area (Å²) in [6.45, 7) is 2.28. The summed E-state index contributed by atoms with van der Waals surface area (Å²) >= 11 is 0. The smallest absolute Gasteiger partial charge is 0.429 e. The van der Waals surface area contributed by atoms with E-state index in [1.54, 1.807) is 0 Å². The van der Waals surface area contributed by atoms with Gasteiger partial charge in [-0.2, -0.15) is 22.0 Å². The maximum Gasteiger partial charge on any atom is 0.429 e. The molecule has 1 aliphatic heterocycles. The predicted octanol–water partition coefficient (Wildman–Crippen LogP) is 7.71. The fourth-order valence-electron chi connectivity index (χ4n) is 3.52. The topological polar surface area (TPSA) is 27.7 Å². The Hall–Kier alpha value is -2.80. The Morgan fingerprint density at radius 3 is 2.08 bits per heavy atom. The molecule has 13 heteroatoms. The van der Waals surface area contributed by atoms with E-state index in [-0.39, 0.29) is 31.3 Å². The number of alkyl halides is 5. The number of rotatable bonds is 7. The Labute approximate surface area is 198 Å². The van der Waals surface area contributed by atoms with Crippen LogP contribution in [-0.2, 0) is 15.6 Å². The molecule has 0 spiro atoms. The van der Waals surface area contributed by atoms with Gasteiger partial charge in [-0.1, -0.05) is 19.4 Å². The number of allylic oxidation sites excluding steroid dienone is 1. The predicted molar refractivity (Wildman–Crippen MR) is 105 cm³/mol. The Morgan fingerprint density at radius 1 is 0.972 bits per heavy atom. The van der Waals surface area contributed by atoms with Crippen LogP contribution in [0.5, 0.6) is 5.75 Å². The monoisotopic (exact) mass is 532 g/mol. The van der Waals surface area contributed by atoms with Crippen molar-refractivity contribution in [3.63, 3.8) is 0 Å². The van der Waals surface area contributed by atoms with Crippen LogP contribution in [0.25, 0.3) is 5.83 Å². The van der Waals surface area contributed by atoms with Crippen LogP contribution in [0.3, 0.4) is 0 Å². The second-order valence-electron chi connectivity index (χ2n) is 7.90. The van der Waals surface area contributed by atoms with Crippen LogP contribution >= 0.6 is 0 Å². The Morgan fingerprint density at radius 2 is 1.56 bits per heavy atom. The first-order valence-corrected chi connectivity index (χ1v) is 10.5. The molecule has 3 nitrogen and oxygen atoms in total. The van der Waals surface area contributed by atoms with Crippen molar-refractivity contribution in [3.05, 3.63) is 70.3 Å². The van der Waals surface area contributed by atoms with Crippen molar-refractivity contribution < 1.29 is 58.1 Å². The van der Waals surface area contributed by atoms with E-state index in [9.17, 15) is 43.9 Å². The third-order valence-corrected chi connectivity index (χ3v) is 5.13. The van der Waals surface area contributed by atoms with Crippen LogP contribution in [0, 0.1) is 29.2 Å². The van der Waals surface area contributed by atoms with Crippen LogP contribution in [0.1, 0.15) is 42.7 Å². The van der Waals surface area contributed by atoms with E-state index in [1.165, 1.54) is 0 Å². The van der Waals surface area contributed by atoms with E-state index >= 15 is 0 Å². The van der Waals surface area contributed by atoms with Crippen molar-refractivity contribution >= 4 is 5.83 Å². The van der Waals surface area contributed by atoms with Crippen LogP contribution in [0.2, 0.25) is 0 Å². The molecule has 0 N–H and O–H groups in total.